The van der Waals surface area contributed by atoms with Gasteiger partial charge in [-0.1, -0.05) is 12.8 Å². The quantitative estimate of drug-likeness (QED) is 0.710. The lowest BCUT2D eigenvalue weighted by Crippen LogP contribution is -2.41. The van der Waals surface area contributed by atoms with Gasteiger partial charge in [-0.3, -0.25) is 0 Å². The largest absolute Gasteiger partial charge is 0.375 e. The average molecular weight is 185 g/mol. The molecule has 0 radical (unpaired) electrons. The molecule has 0 unspecified atom stereocenters. The Bertz CT molecular complexity index is 139. The summed E-state index contributed by atoms with van der Waals surface area (Å²) in [5.74, 6) is 0. The summed E-state index contributed by atoms with van der Waals surface area (Å²) in [5, 5.41) is 3.58. The summed E-state index contributed by atoms with van der Waals surface area (Å²) in [5.41, 5.74) is -0.00264. The monoisotopic (exact) mass is 185 g/mol. The van der Waals surface area contributed by atoms with E-state index in [2.05, 4.69) is 26.1 Å². The molecule has 13 heavy (non-hydrogen) atoms. The fourth-order valence-corrected chi connectivity index (χ4v) is 1.96. The standard InChI is InChI=1S/C11H23NO/c1-4-13-11(2,3)9-12-10-7-5-6-8-10/h10,12H,4-9H2,1-3H3. The van der Waals surface area contributed by atoms with Gasteiger partial charge in [-0.15, -0.1) is 0 Å². The van der Waals surface area contributed by atoms with Crippen LogP contribution in [0, 0.1) is 0 Å². The fourth-order valence-electron chi connectivity index (χ4n) is 1.96. The second kappa shape index (κ2) is 4.97. The zero-order valence-corrected chi connectivity index (χ0v) is 9.23. The van der Waals surface area contributed by atoms with Crippen LogP contribution in [0.3, 0.4) is 0 Å². The molecule has 0 amide bonds. The summed E-state index contributed by atoms with van der Waals surface area (Å²) >= 11 is 0. The molecule has 2 nitrogen and oxygen atoms in total. The van der Waals surface area contributed by atoms with E-state index >= 15 is 0 Å². The second-order valence-electron chi connectivity index (χ2n) is 4.55. The van der Waals surface area contributed by atoms with Crippen LogP contribution in [0.4, 0.5) is 0 Å². The van der Waals surface area contributed by atoms with Crippen LogP contribution in [0.25, 0.3) is 0 Å². The van der Waals surface area contributed by atoms with Gasteiger partial charge in [0.15, 0.2) is 0 Å². The lowest BCUT2D eigenvalue weighted by atomic mass is 10.1. The molecule has 1 saturated carbocycles. The van der Waals surface area contributed by atoms with Crippen LogP contribution in [-0.4, -0.2) is 24.8 Å². The third-order valence-electron chi connectivity index (χ3n) is 2.71. The van der Waals surface area contributed by atoms with Crippen molar-refractivity contribution in [1.82, 2.24) is 5.32 Å². The van der Waals surface area contributed by atoms with Gasteiger partial charge in [0.2, 0.25) is 0 Å². The van der Waals surface area contributed by atoms with Crippen LogP contribution >= 0.6 is 0 Å². The second-order valence-corrected chi connectivity index (χ2v) is 4.55. The highest BCUT2D eigenvalue weighted by Crippen LogP contribution is 2.18. The molecule has 1 N–H and O–H groups in total. The first kappa shape index (κ1) is 11.0. The molecule has 0 aromatic carbocycles. The third-order valence-corrected chi connectivity index (χ3v) is 2.71. The fraction of sp³-hybridized carbons (Fsp3) is 1.00. The topological polar surface area (TPSA) is 21.3 Å². The molecule has 0 aromatic heterocycles. The number of rotatable bonds is 5. The van der Waals surface area contributed by atoms with Crippen molar-refractivity contribution in [3.63, 3.8) is 0 Å². The molecule has 0 atom stereocenters. The van der Waals surface area contributed by atoms with Gasteiger partial charge in [0, 0.05) is 19.2 Å². The maximum absolute atomic E-state index is 5.63. The number of hydrogen-bond acceptors (Lipinski definition) is 2. The molecule has 0 spiro atoms. The van der Waals surface area contributed by atoms with Gasteiger partial charge in [-0.2, -0.15) is 0 Å². The van der Waals surface area contributed by atoms with E-state index < -0.39 is 0 Å². The van der Waals surface area contributed by atoms with Gasteiger partial charge in [-0.05, 0) is 33.6 Å². The SMILES string of the molecule is CCOC(C)(C)CNC1CCCC1. The summed E-state index contributed by atoms with van der Waals surface area (Å²) in [6, 6.07) is 0.750. The van der Waals surface area contributed by atoms with Gasteiger partial charge in [0.25, 0.3) is 0 Å². The Morgan fingerprint density at radius 2 is 1.92 bits per heavy atom. The van der Waals surface area contributed by atoms with Crippen LogP contribution in [0.2, 0.25) is 0 Å². The zero-order valence-electron chi connectivity index (χ0n) is 9.23. The minimum atomic E-state index is -0.00264. The van der Waals surface area contributed by atoms with Crippen molar-refractivity contribution >= 4 is 0 Å². The first-order valence-electron chi connectivity index (χ1n) is 5.51. The highest BCUT2D eigenvalue weighted by atomic mass is 16.5. The molecular weight excluding hydrogens is 162 g/mol. The molecule has 1 aliphatic rings. The van der Waals surface area contributed by atoms with E-state index in [-0.39, 0.29) is 5.60 Å². The normalized spacial score (nSPS) is 19.6. The number of ether oxygens (including phenoxy) is 1. The van der Waals surface area contributed by atoms with Crippen LogP contribution in [-0.2, 0) is 4.74 Å². The average Bonchev–Trinajstić information content (AvgIpc) is 2.52. The van der Waals surface area contributed by atoms with Gasteiger partial charge in [0.1, 0.15) is 0 Å². The van der Waals surface area contributed by atoms with Crippen LogP contribution < -0.4 is 5.32 Å². The molecule has 0 bridgehead atoms. The van der Waals surface area contributed by atoms with E-state index in [0.29, 0.717) is 0 Å². The van der Waals surface area contributed by atoms with Crippen LogP contribution in [0.5, 0.6) is 0 Å². The molecule has 0 aliphatic heterocycles. The summed E-state index contributed by atoms with van der Waals surface area (Å²) < 4.78 is 5.63. The molecule has 1 rings (SSSR count). The Hall–Kier alpha value is -0.0800. The number of hydrogen-bond donors (Lipinski definition) is 1. The summed E-state index contributed by atoms with van der Waals surface area (Å²) in [4.78, 5) is 0. The molecule has 2 heteroatoms. The molecule has 1 aliphatic carbocycles. The molecule has 0 heterocycles. The van der Waals surface area contributed by atoms with E-state index in [4.69, 9.17) is 4.74 Å². The molecular formula is C11H23NO. The van der Waals surface area contributed by atoms with E-state index in [1.165, 1.54) is 25.7 Å². The summed E-state index contributed by atoms with van der Waals surface area (Å²) in [6.45, 7) is 8.14. The highest BCUT2D eigenvalue weighted by molar-refractivity contribution is 4.79. The predicted octanol–water partition coefficient (Wildman–Crippen LogP) is 2.33. The highest BCUT2D eigenvalue weighted by Gasteiger charge is 2.21. The first-order chi connectivity index (χ1) is 6.14. The Balaban J connectivity index is 2.15. The maximum atomic E-state index is 5.63. The van der Waals surface area contributed by atoms with Crippen molar-refractivity contribution < 1.29 is 4.74 Å². The Morgan fingerprint density at radius 1 is 1.31 bits per heavy atom. The lowest BCUT2D eigenvalue weighted by molar-refractivity contribution is -0.0104. The van der Waals surface area contributed by atoms with Crippen LogP contribution in [0.1, 0.15) is 46.5 Å². The van der Waals surface area contributed by atoms with Crippen molar-refractivity contribution in [2.45, 2.75) is 58.1 Å². The van der Waals surface area contributed by atoms with Gasteiger partial charge in [0.05, 0.1) is 5.60 Å². The van der Waals surface area contributed by atoms with Crippen molar-refractivity contribution in [2.24, 2.45) is 0 Å². The lowest BCUT2D eigenvalue weighted by Gasteiger charge is -2.26. The summed E-state index contributed by atoms with van der Waals surface area (Å²) in [6.07, 6.45) is 5.49. The van der Waals surface area contributed by atoms with E-state index in [0.717, 1.165) is 19.2 Å². The van der Waals surface area contributed by atoms with Crippen molar-refractivity contribution in [2.75, 3.05) is 13.2 Å². The van der Waals surface area contributed by atoms with Crippen molar-refractivity contribution in [1.29, 1.82) is 0 Å². The molecule has 78 valence electrons. The number of nitrogens with one attached hydrogen (secondary N) is 1. The first-order valence-corrected chi connectivity index (χ1v) is 5.51. The Morgan fingerprint density at radius 3 is 2.46 bits per heavy atom. The predicted molar refractivity (Wildman–Crippen MR) is 56.0 cm³/mol. The minimum absolute atomic E-state index is 0.00264. The Kier molecular flexibility index (Phi) is 4.20. The third kappa shape index (κ3) is 4.10. The van der Waals surface area contributed by atoms with Gasteiger partial charge in [-0.25, -0.2) is 0 Å². The van der Waals surface area contributed by atoms with E-state index in [1.807, 2.05) is 0 Å². The van der Waals surface area contributed by atoms with Crippen molar-refractivity contribution in [3.05, 3.63) is 0 Å². The minimum Gasteiger partial charge on any atom is -0.375 e. The Labute approximate surface area is 82.0 Å². The molecule has 0 saturated heterocycles. The van der Waals surface area contributed by atoms with Crippen molar-refractivity contribution in [3.8, 4) is 0 Å². The van der Waals surface area contributed by atoms with E-state index in [1.54, 1.807) is 0 Å². The van der Waals surface area contributed by atoms with Gasteiger partial charge >= 0.3 is 0 Å². The zero-order chi connectivity index (χ0) is 9.73. The molecule has 0 aromatic rings. The maximum Gasteiger partial charge on any atom is 0.0750 e. The van der Waals surface area contributed by atoms with E-state index in [9.17, 15) is 0 Å². The molecule has 1 fully saturated rings. The summed E-state index contributed by atoms with van der Waals surface area (Å²) in [7, 11) is 0. The van der Waals surface area contributed by atoms with Crippen LogP contribution in [0.15, 0.2) is 0 Å². The smallest absolute Gasteiger partial charge is 0.0750 e. The van der Waals surface area contributed by atoms with Gasteiger partial charge < -0.3 is 10.1 Å².